The fourth-order valence-electron chi connectivity index (χ4n) is 3.34. The van der Waals surface area contributed by atoms with Crippen LogP contribution >= 0.6 is 22.6 Å². The van der Waals surface area contributed by atoms with E-state index in [1.165, 1.54) is 37.0 Å². The third-order valence-electron chi connectivity index (χ3n) is 4.66. The number of halogens is 1. The molecule has 0 amide bonds. The van der Waals surface area contributed by atoms with Crippen molar-refractivity contribution in [3.63, 3.8) is 0 Å². The molecule has 0 heterocycles. The number of benzene rings is 4. The molecule has 0 aliphatic rings. The molecule has 4 aromatic rings. The minimum Gasteiger partial charge on any atom is -0.399 e. The van der Waals surface area contributed by atoms with Crippen LogP contribution in [0, 0.1) is 10.5 Å². The maximum Gasteiger partial charge on any atom is 0.0320 e. The molecular weight excluding hydrogens is 441 g/mol. The third kappa shape index (κ3) is 4.06. The van der Waals surface area contributed by atoms with Crippen molar-refractivity contribution in [3.05, 3.63) is 100 Å². The predicted molar refractivity (Wildman–Crippen MR) is 125 cm³/mol. The van der Waals surface area contributed by atoms with Crippen LogP contribution in [0.5, 0.6) is 0 Å². The Bertz CT molecular complexity index is 961. The van der Waals surface area contributed by atoms with Crippen molar-refractivity contribution < 1.29 is 0 Å². The van der Waals surface area contributed by atoms with E-state index < -0.39 is 0 Å². The van der Waals surface area contributed by atoms with Gasteiger partial charge < -0.3 is 5.73 Å². The van der Waals surface area contributed by atoms with Gasteiger partial charge in [-0.15, -0.1) is 0 Å². The average molecular weight is 461 g/mol. The Hall–Kier alpha value is -2.59. The number of anilines is 1. The van der Waals surface area contributed by atoms with Gasteiger partial charge in [-0.3, -0.25) is 0 Å². The van der Waals surface area contributed by atoms with Gasteiger partial charge in [0.05, 0.1) is 0 Å². The quantitative estimate of drug-likeness (QED) is 0.254. The second-order valence-electron chi connectivity index (χ2n) is 6.80. The predicted octanol–water partition coefficient (Wildman–Crippen LogP) is 7.18. The van der Waals surface area contributed by atoms with Crippen LogP contribution in [0.3, 0.4) is 0 Å². The number of hydrogen-bond donors (Lipinski definition) is 1. The van der Waals surface area contributed by atoms with Gasteiger partial charge in [0.15, 0.2) is 0 Å². The molecular formula is C25H20IN. The van der Waals surface area contributed by atoms with Gasteiger partial charge in [-0.2, -0.15) is 0 Å². The number of hydrogen-bond acceptors (Lipinski definition) is 1. The highest BCUT2D eigenvalue weighted by atomic mass is 127. The molecule has 2 heteroatoms. The Labute approximate surface area is 174 Å². The van der Waals surface area contributed by atoms with Crippen LogP contribution in [0.1, 0.15) is 5.56 Å². The molecule has 132 valence electrons. The van der Waals surface area contributed by atoms with Gasteiger partial charge in [0.1, 0.15) is 0 Å². The van der Waals surface area contributed by atoms with Gasteiger partial charge in [-0.05, 0) is 105 Å². The zero-order valence-electron chi connectivity index (χ0n) is 15.1. The molecule has 0 spiro atoms. The third-order valence-corrected chi connectivity index (χ3v) is 5.33. The van der Waals surface area contributed by atoms with Crippen LogP contribution in [0.4, 0.5) is 5.69 Å². The second kappa shape index (κ2) is 7.57. The smallest absolute Gasteiger partial charge is 0.0320 e. The topological polar surface area (TPSA) is 26.0 Å². The molecule has 0 aliphatic carbocycles. The largest absolute Gasteiger partial charge is 0.399 e. The van der Waals surface area contributed by atoms with Crippen molar-refractivity contribution in [2.24, 2.45) is 0 Å². The van der Waals surface area contributed by atoms with Crippen LogP contribution in [0.15, 0.2) is 91.0 Å². The number of nitrogens with two attached hydrogens (primary N) is 1. The molecule has 4 rings (SSSR count). The van der Waals surface area contributed by atoms with E-state index in [1.54, 1.807) is 0 Å². The van der Waals surface area contributed by atoms with Gasteiger partial charge >= 0.3 is 0 Å². The van der Waals surface area contributed by atoms with Crippen LogP contribution < -0.4 is 5.73 Å². The van der Waals surface area contributed by atoms with E-state index in [0.717, 1.165) is 11.3 Å². The highest BCUT2D eigenvalue weighted by molar-refractivity contribution is 14.1. The first-order valence-electron chi connectivity index (χ1n) is 8.92. The van der Waals surface area contributed by atoms with Crippen molar-refractivity contribution >= 4 is 28.3 Å². The summed E-state index contributed by atoms with van der Waals surface area (Å²) in [5.74, 6) is 0. The van der Waals surface area contributed by atoms with E-state index in [9.17, 15) is 0 Å². The normalized spacial score (nSPS) is 10.7. The van der Waals surface area contributed by atoms with Crippen molar-refractivity contribution in [1.82, 2.24) is 0 Å². The summed E-state index contributed by atoms with van der Waals surface area (Å²) < 4.78 is 1.23. The molecule has 4 aromatic carbocycles. The van der Waals surface area contributed by atoms with E-state index in [2.05, 4.69) is 102 Å². The number of aryl methyl sites for hydroxylation is 1. The lowest BCUT2D eigenvalue weighted by Crippen LogP contribution is -1.89. The molecule has 27 heavy (non-hydrogen) atoms. The monoisotopic (exact) mass is 461 g/mol. The molecule has 0 saturated heterocycles. The van der Waals surface area contributed by atoms with E-state index >= 15 is 0 Å². The molecule has 0 atom stereocenters. The van der Waals surface area contributed by atoms with E-state index in [4.69, 9.17) is 5.73 Å². The summed E-state index contributed by atoms with van der Waals surface area (Å²) in [5, 5.41) is 0. The van der Waals surface area contributed by atoms with E-state index in [0.29, 0.717) is 0 Å². The maximum atomic E-state index is 6.03. The fourth-order valence-corrected chi connectivity index (χ4v) is 3.88. The highest BCUT2D eigenvalue weighted by Gasteiger charge is 2.08. The molecule has 0 aromatic heterocycles. The Kier molecular flexibility index (Phi) is 4.99. The molecule has 0 bridgehead atoms. The molecule has 0 fully saturated rings. The van der Waals surface area contributed by atoms with Crippen molar-refractivity contribution in [2.45, 2.75) is 6.92 Å². The molecule has 0 saturated carbocycles. The van der Waals surface area contributed by atoms with Gasteiger partial charge in [0.2, 0.25) is 0 Å². The van der Waals surface area contributed by atoms with Gasteiger partial charge in [-0.1, -0.05) is 54.1 Å². The summed E-state index contributed by atoms with van der Waals surface area (Å²) in [6, 6.07) is 32.1. The van der Waals surface area contributed by atoms with Gasteiger partial charge in [-0.25, -0.2) is 0 Å². The van der Waals surface area contributed by atoms with Crippen molar-refractivity contribution in [3.8, 4) is 33.4 Å². The number of nitrogen functional groups attached to an aromatic ring is 1. The number of rotatable bonds is 3. The average Bonchev–Trinajstić information content (AvgIpc) is 2.68. The Balaban J connectivity index is 1.94. The Morgan fingerprint density at radius 2 is 1.07 bits per heavy atom. The first kappa shape index (κ1) is 17.8. The van der Waals surface area contributed by atoms with Crippen molar-refractivity contribution in [2.75, 3.05) is 5.73 Å². The summed E-state index contributed by atoms with van der Waals surface area (Å²) in [4.78, 5) is 0. The molecule has 0 unspecified atom stereocenters. The Morgan fingerprint density at radius 1 is 0.556 bits per heavy atom. The zero-order valence-corrected chi connectivity index (χ0v) is 17.3. The lowest BCUT2D eigenvalue weighted by Gasteiger charge is -2.12. The lowest BCUT2D eigenvalue weighted by atomic mass is 9.93. The SMILES string of the molecule is Cc1cccc(-c2cc(-c3cccc(N)c3)cc(-c3cccc(I)c3)c2)c1. The molecule has 1 nitrogen and oxygen atoms in total. The highest BCUT2D eigenvalue weighted by Crippen LogP contribution is 2.34. The van der Waals surface area contributed by atoms with Crippen molar-refractivity contribution in [1.29, 1.82) is 0 Å². The Morgan fingerprint density at radius 3 is 1.63 bits per heavy atom. The minimum absolute atomic E-state index is 0.782. The first-order valence-corrected chi connectivity index (χ1v) is 10.0. The minimum atomic E-state index is 0.782. The molecule has 0 aliphatic heterocycles. The standard InChI is InChI=1S/C25H20IN/c1-17-5-2-6-18(11-17)21-12-22(19-7-3-9-24(26)15-19)14-23(13-21)20-8-4-10-25(27)16-20/h2-16H,27H2,1H3. The summed E-state index contributed by atoms with van der Waals surface area (Å²) >= 11 is 2.36. The maximum absolute atomic E-state index is 6.03. The van der Waals surface area contributed by atoms with Gasteiger partial charge in [0, 0.05) is 9.26 Å². The lowest BCUT2D eigenvalue weighted by molar-refractivity contribution is 1.46. The molecule has 0 radical (unpaired) electrons. The fraction of sp³-hybridized carbons (Fsp3) is 0.0400. The van der Waals surface area contributed by atoms with E-state index in [-0.39, 0.29) is 0 Å². The zero-order chi connectivity index (χ0) is 18.8. The summed E-state index contributed by atoms with van der Waals surface area (Å²) in [7, 11) is 0. The van der Waals surface area contributed by atoms with Crippen LogP contribution in [0.25, 0.3) is 33.4 Å². The summed E-state index contributed by atoms with van der Waals surface area (Å²) in [6.07, 6.45) is 0. The van der Waals surface area contributed by atoms with Crippen LogP contribution in [-0.4, -0.2) is 0 Å². The van der Waals surface area contributed by atoms with Crippen LogP contribution in [-0.2, 0) is 0 Å². The summed E-state index contributed by atoms with van der Waals surface area (Å²) in [5.41, 5.74) is 15.3. The van der Waals surface area contributed by atoms with Crippen LogP contribution in [0.2, 0.25) is 0 Å². The van der Waals surface area contributed by atoms with E-state index in [1.807, 2.05) is 18.2 Å². The first-order chi connectivity index (χ1) is 13.1. The molecule has 2 N–H and O–H groups in total. The summed E-state index contributed by atoms with van der Waals surface area (Å²) in [6.45, 7) is 2.13. The second-order valence-corrected chi connectivity index (χ2v) is 8.05. The van der Waals surface area contributed by atoms with Gasteiger partial charge in [0.25, 0.3) is 0 Å².